The van der Waals surface area contributed by atoms with Crippen LogP contribution in [-0.4, -0.2) is 55.2 Å². The Kier molecular flexibility index (Phi) is 4.95. The molecule has 2 heterocycles. The summed E-state index contributed by atoms with van der Waals surface area (Å²) < 4.78 is 22.8. The van der Waals surface area contributed by atoms with Crippen LogP contribution in [0.15, 0.2) is 17.1 Å². The van der Waals surface area contributed by atoms with Gasteiger partial charge in [-0.15, -0.1) is 0 Å². The Labute approximate surface area is 168 Å². The average Bonchev–Trinajstić information content (AvgIpc) is 3.54. The molecule has 156 valence electrons. The van der Waals surface area contributed by atoms with Crippen LogP contribution < -0.4 is 26.3 Å². The Hall–Kier alpha value is -2.65. The predicted molar refractivity (Wildman–Crippen MR) is 109 cm³/mol. The molecule has 0 radical (unpaired) electrons. The number of rotatable bonds is 4. The fourth-order valence-electron chi connectivity index (χ4n) is 4.06. The molecular formula is C20H26FN5O3. The van der Waals surface area contributed by atoms with Gasteiger partial charge in [-0.25, -0.2) is 10.2 Å². The molecule has 1 aromatic heterocycles. The Morgan fingerprint density at radius 1 is 1.34 bits per heavy atom. The van der Waals surface area contributed by atoms with E-state index in [0.29, 0.717) is 30.0 Å². The molecule has 2 fully saturated rings. The lowest BCUT2D eigenvalue weighted by molar-refractivity contribution is 0.0952. The Morgan fingerprint density at radius 3 is 2.66 bits per heavy atom. The minimum Gasteiger partial charge on any atom is -0.492 e. The number of fused-ring (bicyclic) bond motifs is 1. The highest BCUT2D eigenvalue weighted by Gasteiger charge is 2.32. The molecule has 3 N–H and O–H groups in total. The molecule has 1 atom stereocenters. The van der Waals surface area contributed by atoms with Gasteiger partial charge in [-0.2, -0.15) is 0 Å². The third kappa shape index (κ3) is 3.24. The minimum absolute atomic E-state index is 0.102. The number of nitrogens with two attached hydrogens (primary N) is 1. The maximum absolute atomic E-state index is 15.3. The van der Waals surface area contributed by atoms with Crippen molar-refractivity contribution in [3.05, 3.63) is 33.9 Å². The summed E-state index contributed by atoms with van der Waals surface area (Å²) in [4.78, 5) is 29.3. The topological polar surface area (TPSA) is 92.8 Å². The third-order valence-electron chi connectivity index (χ3n) is 5.99. The fraction of sp³-hybridized carbons (Fsp3) is 0.500. The number of carbonyl (C=O) groups is 1. The number of aromatic nitrogens is 1. The zero-order valence-electron chi connectivity index (χ0n) is 16.9. The van der Waals surface area contributed by atoms with E-state index in [2.05, 4.69) is 11.8 Å². The Morgan fingerprint density at radius 2 is 2.07 bits per heavy atom. The van der Waals surface area contributed by atoms with Gasteiger partial charge in [-0.3, -0.25) is 15.0 Å². The van der Waals surface area contributed by atoms with Crippen LogP contribution in [0.1, 0.15) is 36.2 Å². The van der Waals surface area contributed by atoms with Crippen LogP contribution in [0.25, 0.3) is 10.9 Å². The standard InChI is InChI=1S/C20H26FN5O3/c1-11-9-25(7-6-24(11)2)17-15(21)8-13-16(19(17)29-3)26(12-4-5-12)10-14(18(13)27)20(28)23-22/h8,10-12H,4-7,9,22H2,1-3H3,(H,23,28). The molecule has 4 rings (SSSR count). The van der Waals surface area contributed by atoms with Gasteiger partial charge < -0.3 is 19.1 Å². The maximum atomic E-state index is 15.3. The van der Waals surface area contributed by atoms with E-state index in [1.807, 2.05) is 21.9 Å². The normalized spacial score (nSPS) is 20.2. The number of likely N-dealkylation sites (N-methyl/N-ethyl adjacent to an activating group) is 1. The summed E-state index contributed by atoms with van der Waals surface area (Å²) in [6.45, 7) is 4.19. The van der Waals surface area contributed by atoms with Crippen molar-refractivity contribution in [1.29, 1.82) is 0 Å². The molecule has 0 spiro atoms. The van der Waals surface area contributed by atoms with E-state index >= 15 is 4.39 Å². The molecule has 8 nitrogen and oxygen atoms in total. The molecule has 1 aromatic carbocycles. The number of hydrazine groups is 1. The van der Waals surface area contributed by atoms with E-state index in [0.717, 1.165) is 19.4 Å². The van der Waals surface area contributed by atoms with Crippen molar-refractivity contribution in [3.63, 3.8) is 0 Å². The number of anilines is 1. The summed E-state index contributed by atoms with van der Waals surface area (Å²) in [7, 11) is 3.53. The van der Waals surface area contributed by atoms with Crippen molar-refractivity contribution in [2.24, 2.45) is 5.84 Å². The number of hydrogen-bond acceptors (Lipinski definition) is 6. The number of methoxy groups -OCH3 is 1. The lowest BCUT2D eigenvalue weighted by Gasteiger charge is -2.39. The number of nitrogen functional groups attached to an aromatic ring is 1. The molecule has 9 heteroatoms. The number of hydrogen-bond donors (Lipinski definition) is 2. The first-order valence-electron chi connectivity index (χ1n) is 9.78. The maximum Gasteiger partial charge on any atom is 0.270 e. The van der Waals surface area contributed by atoms with E-state index < -0.39 is 17.2 Å². The van der Waals surface area contributed by atoms with Gasteiger partial charge in [0.15, 0.2) is 11.6 Å². The third-order valence-corrected chi connectivity index (χ3v) is 5.99. The molecular weight excluding hydrogens is 377 g/mol. The summed E-state index contributed by atoms with van der Waals surface area (Å²) in [5.41, 5.74) is 2.23. The lowest BCUT2D eigenvalue weighted by atomic mass is 10.1. The molecule has 1 saturated heterocycles. The van der Waals surface area contributed by atoms with Crippen molar-refractivity contribution in [1.82, 2.24) is 14.9 Å². The highest BCUT2D eigenvalue weighted by atomic mass is 19.1. The molecule has 1 aliphatic heterocycles. The van der Waals surface area contributed by atoms with Gasteiger partial charge in [-0.1, -0.05) is 0 Å². The average molecular weight is 403 g/mol. The summed E-state index contributed by atoms with van der Waals surface area (Å²) in [5, 5.41) is 0.123. The van der Waals surface area contributed by atoms with Gasteiger partial charge in [0.05, 0.1) is 18.0 Å². The molecule has 1 amide bonds. The molecule has 1 unspecified atom stereocenters. The summed E-state index contributed by atoms with van der Waals surface area (Å²) in [5.74, 6) is 4.34. The van der Waals surface area contributed by atoms with Gasteiger partial charge in [-0.05, 0) is 32.9 Å². The quantitative estimate of drug-likeness (QED) is 0.453. The highest BCUT2D eigenvalue weighted by Crippen LogP contribution is 2.43. The van der Waals surface area contributed by atoms with Gasteiger partial charge in [0.2, 0.25) is 5.43 Å². The Balaban J connectivity index is 1.98. The van der Waals surface area contributed by atoms with Crippen molar-refractivity contribution in [2.75, 3.05) is 38.7 Å². The molecule has 1 aliphatic carbocycles. The fourth-order valence-corrected chi connectivity index (χ4v) is 4.06. The van der Waals surface area contributed by atoms with E-state index in [-0.39, 0.29) is 23.0 Å². The first-order valence-corrected chi connectivity index (χ1v) is 9.78. The van der Waals surface area contributed by atoms with E-state index in [1.165, 1.54) is 19.4 Å². The van der Waals surface area contributed by atoms with Gasteiger partial charge in [0.25, 0.3) is 5.91 Å². The van der Waals surface area contributed by atoms with Crippen LogP contribution in [0.5, 0.6) is 5.75 Å². The number of ether oxygens (including phenoxy) is 1. The summed E-state index contributed by atoms with van der Waals surface area (Å²) in [6.07, 6.45) is 3.35. The second-order valence-electron chi connectivity index (χ2n) is 7.90. The molecule has 0 bridgehead atoms. The SMILES string of the molecule is COc1c(N2CCN(C)C(C)C2)c(F)cc2c(=O)c(C(=O)NN)cn(C3CC3)c12. The van der Waals surface area contributed by atoms with Crippen LogP contribution in [-0.2, 0) is 0 Å². The number of nitrogens with one attached hydrogen (secondary N) is 1. The minimum atomic E-state index is -0.692. The number of piperazine rings is 1. The summed E-state index contributed by atoms with van der Waals surface area (Å²) in [6, 6.07) is 1.62. The van der Waals surface area contributed by atoms with Crippen molar-refractivity contribution < 1.29 is 13.9 Å². The first-order chi connectivity index (χ1) is 13.9. The smallest absolute Gasteiger partial charge is 0.270 e. The second kappa shape index (κ2) is 7.31. The number of benzene rings is 1. The zero-order chi connectivity index (χ0) is 20.9. The van der Waals surface area contributed by atoms with E-state index in [4.69, 9.17) is 10.6 Å². The lowest BCUT2D eigenvalue weighted by Crippen LogP contribution is -2.50. The van der Waals surface area contributed by atoms with Gasteiger partial charge >= 0.3 is 0 Å². The number of amides is 1. The van der Waals surface area contributed by atoms with Crippen LogP contribution in [0, 0.1) is 5.82 Å². The predicted octanol–water partition coefficient (Wildman–Crippen LogP) is 1.23. The van der Waals surface area contributed by atoms with Crippen molar-refractivity contribution >= 4 is 22.5 Å². The number of pyridine rings is 1. The van der Waals surface area contributed by atoms with E-state index in [1.54, 1.807) is 0 Å². The first kappa shape index (κ1) is 19.7. The molecule has 1 saturated carbocycles. The monoisotopic (exact) mass is 403 g/mol. The van der Waals surface area contributed by atoms with Gasteiger partial charge in [0, 0.05) is 37.9 Å². The van der Waals surface area contributed by atoms with Crippen molar-refractivity contribution in [3.8, 4) is 5.75 Å². The molecule has 2 aliphatic rings. The Bertz CT molecular complexity index is 1030. The molecule has 29 heavy (non-hydrogen) atoms. The van der Waals surface area contributed by atoms with E-state index in [9.17, 15) is 9.59 Å². The van der Waals surface area contributed by atoms with Crippen LogP contribution >= 0.6 is 0 Å². The van der Waals surface area contributed by atoms with Crippen molar-refractivity contribution in [2.45, 2.75) is 31.8 Å². The highest BCUT2D eigenvalue weighted by molar-refractivity contribution is 5.99. The zero-order valence-corrected chi connectivity index (χ0v) is 16.9. The van der Waals surface area contributed by atoms with Crippen LogP contribution in [0.3, 0.4) is 0 Å². The number of carbonyl (C=O) groups excluding carboxylic acids is 1. The van der Waals surface area contributed by atoms with Gasteiger partial charge in [0.1, 0.15) is 11.3 Å². The second-order valence-corrected chi connectivity index (χ2v) is 7.90. The number of halogens is 1. The van der Waals surface area contributed by atoms with Crippen LogP contribution in [0.2, 0.25) is 0 Å². The largest absolute Gasteiger partial charge is 0.492 e. The number of nitrogens with zero attached hydrogens (tertiary/aromatic N) is 3. The summed E-state index contributed by atoms with van der Waals surface area (Å²) >= 11 is 0. The van der Waals surface area contributed by atoms with Crippen LogP contribution in [0.4, 0.5) is 10.1 Å². The molecule has 2 aromatic rings.